The number of benzene rings is 1. The summed E-state index contributed by atoms with van der Waals surface area (Å²) in [5.41, 5.74) is 3.51. The monoisotopic (exact) mass is 387 g/mol. The van der Waals surface area contributed by atoms with Crippen LogP contribution >= 0.6 is 11.3 Å². The number of sulfone groups is 1. The number of hydrogen-bond donors (Lipinski definition) is 1. The second-order valence-electron chi connectivity index (χ2n) is 6.19. The van der Waals surface area contributed by atoms with E-state index in [-0.39, 0.29) is 11.7 Å². The van der Waals surface area contributed by atoms with Gasteiger partial charge >= 0.3 is 0 Å². The van der Waals surface area contributed by atoms with Crippen LogP contribution < -0.4 is 5.32 Å². The number of amides is 1. The number of carbonyl (C=O) groups excluding carboxylic acids is 1. The lowest BCUT2D eigenvalue weighted by Crippen LogP contribution is -2.36. The van der Waals surface area contributed by atoms with Gasteiger partial charge in [0.15, 0.2) is 14.8 Å². The number of aromatic nitrogens is 2. The van der Waals surface area contributed by atoms with E-state index in [1.807, 2.05) is 18.3 Å². The van der Waals surface area contributed by atoms with Gasteiger partial charge in [-0.05, 0) is 18.1 Å². The summed E-state index contributed by atoms with van der Waals surface area (Å²) in [6, 6.07) is 7.71. The number of nitrogens with zero attached hydrogens (tertiary/aromatic N) is 2. The maximum absolute atomic E-state index is 12.5. The molecule has 1 amide bonds. The van der Waals surface area contributed by atoms with Gasteiger partial charge in [0.1, 0.15) is 5.69 Å². The molecule has 134 valence electrons. The molecule has 1 N–H and O–H groups in total. The average molecular weight is 387 g/mol. The Bertz CT molecular complexity index is 1110. The second kappa shape index (κ2) is 6.37. The molecule has 1 aromatic carbocycles. The first-order valence-electron chi connectivity index (χ1n) is 8.23. The predicted molar refractivity (Wildman–Crippen MR) is 102 cm³/mol. The van der Waals surface area contributed by atoms with E-state index in [2.05, 4.69) is 29.4 Å². The van der Waals surface area contributed by atoms with E-state index in [9.17, 15) is 13.2 Å². The molecule has 0 spiro atoms. The molecule has 0 radical (unpaired) electrons. The van der Waals surface area contributed by atoms with Crippen molar-refractivity contribution in [3.8, 4) is 11.3 Å². The summed E-state index contributed by atoms with van der Waals surface area (Å²) in [5, 5.41) is 5.63. The number of fused-ring (bicyclic) bond motifs is 1. The van der Waals surface area contributed by atoms with Crippen LogP contribution in [-0.4, -0.2) is 35.5 Å². The highest BCUT2D eigenvalue weighted by molar-refractivity contribution is 7.94. The molecule has 0 saturated carbocycles. The molecule has 1 aliphatic heterocycles. The van der Waals surface area contributed by atoms with Crippen LogP contribution in [0.3, 0.4) is 0 Å². The van der Waals surface area contributed by atoms with Crippen molar-refractivity contribution in [1.29, 1.82) is 0 Å². The van der Waals surface area contributed by atoms with Gasteiger partial charge in [0.05, 0.1) is 17.5 Å². The zero-order valence-electron chi connectivity index (χ0n) is 14.0. The standard InChI is InChI=1S/C18H17N3O3S2/c1-2-12-3-5-13(6-4-12)15-9-21-16(10-25-18(21)20-15)17(22)19-14-7-8-26(23,24)11-14/h3-10,14H,2,11H2,1H3,(H,19,22)/t14-/m1/s1. The van der Waals surface area contributed by atoms with E-state index in [4.69, 9.17) is 0 Å². The van der Waals surface area contributed by atoms with Gasteiger partial charge in [0, 0.05) is 22.5 Å². The molecular formula is C18H17N3O3S2. The fourth-order valence-electron chi connectivity index (χ4n) is 2.91. The lowest BCUT2D eigenvalue weighted by molar-refractivity contribution is 0.0942. The number of aryl methyl sites for hydroxylation is 1. The second-order valence-corrected chi connectivity index (χ2v) is 8.96. The molecule has 0 fully saturated rings. The summed E-state index contributed by atoms with van der Waals surface area (Å²) in [4.78, 5) is 17.8. The normalized spacial score (nSPS) is 18.4. The van der Waals surface area contributed by atoms with Crippen LogP contribution in [-0.2, 0) is 16.3 Å². The maximum Gasteiger partial charge on any atom is 0.269 e. The molecule has 1 aliphatic rings. The van der Waals surface area contributed by atoms with Crippen LogP contribution in [0.2, 0.25) is 0 Å². The van der Waals surface area contributed by atoms with Gasteiger partial charge in [0.25, 0.3) is 5.91 Å². The first-order valence-corrected chi connectivity index (χ1v) is 10.8. The van der Waals surface area contributed by atoms with E-state index in [1.54, 1.807) is 9.78 Å². The molecular weight excluding hydrogens is 370 g/mol. The van der Waals surface area contributed by atoms with Crippen molar-refractivity contribution < 1.29 is 13.2 Å². The topological polar surface area (TPSA) is 80.5 Å². The van der Waals surface area contributed by atoms with Gasteiger partial charge in [0.2, 0.25) is 0 Å². The van der Waals surface area contributed by atoms with Crippen LogP contribution in [0.25, 0.3) is 16.2 Å². The van der Waals surface area contributed by atoms with Gasteiger partial charge in [-0.1, -0.05) is 31.2 Å². The Kier molecular flexibility index (Phi) is 4.16. The summed E-state index contributed by atoms with van der Waals surface area (Å²) >= 11 is 1.38. The summed E-state index contributed by atoms with van der Waals surface area (Å²) in [6.07, 6.45) is 4.32. The molecule has 1 atom stereocenters. The minimum atomic E-state index is -3.20. The molecule has 8 heteroatoms. The minimum Gasteiger partial charge on any atom is -0.343 e. The SMILES string of the molecule is CCc1ccc(-c2cn3c(C(=O)N[C@@H]4C=CS(=O)(=O)C4)csc3n2)cc1. The molecule has 0 bridgehead atoms. The lowest BCUT2D eigenvalue weighted by atomic mass is 10.1. The third-order valence-electron chi connectivity index (χ3n) is 4.35. The van der Waals surface area contributed by atoms with E-state index in [1.165, 1.54) is 23.0 Å². The molecule has 0 unspecified atom stereocenters. The van der Waals surface area contributed by atoms with Crippen molar-refractivity contribution in [3.63, 3.8) is 0 Å². The Morgan fingerprint density at radius 1 is 1.35 bits per heavy atom. The van der Waals surface area contributed by atoms with E-state index < -0.39 is 15.9 Å². The van der Waals surface area contributed by atoms with Crippen molar-refractivity contribution in [2.75, 3.05) is 5.75 Å². The quantitative estimate of drug-likeness (QED) is 0.746. The number of carbonyl (C=O) groups is 1. The summed E-state index contributed by atoms with van der Waals surface area (Å²) < 4.78 is 24.7. The zero-order chi connectivity index (χ0) is 18.3. The molecule has 6 nitrogen and oxygen atoms in total. The molecule has 3 heterocycles. The fourth-order valence-corrected chi connectivity index (χ4v) is 4.99. The third kappa shape index (κ3) is 3.17. The summed E-state index contributed by atoms with van der Waals surface area (Å²) in [7, 11) is -3.20. The van der Waals surface area contributed by atoms with Crippen molar-refractivity contribution in [2.45, 2.75) is 19.4 Å². The zero-order valence-corrected chi connectivity index (χ0v) is 15.7. The fraction of sp³-hybridized carbons (Fsp3) is 0.222. The van der Waals surface area contributed by atoms with Gasteiger partial charge in [-0.2, -0.15) is 0 Å². The highest BCUT2D eigenvalue weighted by atomic mass is 32.2. The molecule has 2 aromatic heterocycles. The predicted octanol–water partition coefficient (Wildman–Crippen LogP) is 2.67. The van der Waals surface area contributed by atoms with Gasteiger partial charge in [-0.25, -0.2) is 13.4 Å². The number of nitrogens with one attached hydrogen (secondary N) is 1. The first-order chi connectivity index (χ1) is 12.4. The van der Waals surface area contributed by atoms with Crippen LogP contribution in [0.4, 0.5) is 0 Å². The van der Waals surface area contributed by atoms with E-state index in [0.29, 0.717) is 5.69 Å². The number of imidazole rings is 1. The Labute approximate surface area is 155 Å². The van der Waals surface area contributed by atoms with Crippen LogP contribution in [0, 0.1) is 0 Å². The van der Waals surface area contributed by atoms with Gasteiger partial charge in [-0.15, -0.1) is 11.3 Å². The molecule has 0 aliphatic carbocycles. The Morgan fingerprint density at radius 2 is 2.12 bits per heavy atom. The Morgan fingerprint density at radius 3 is 2.77 bits per heavy atom. The smallest absolute Gasteiger partial charge is 0.269 e. The van der Waals surface area contributed by atoms with Crippen LogP contribution in [0.15, 0.2) is 47.3 Å². The van der Waals surface area contributed by atoms with E-state index in [0.717, 1.165) is 28.0 Å². The maximum atomic E-state index is 12.5. The lowest BCUT2D eigenvalue weighted by Gasteiger charge is -2.09. The van der Waals surface area contributed by atoms with Crippen molar-refractivity contribution in [3.05, 3.63) is 58.6 Å². The van der Waals surface area contributed by atoms with Crippen LogP contribution in [0.5, 0.6) is 0 Å². The number of rotatable bonds is 4. The third-order valence-corrected chi connectivity index (χ3v) is 6.58. The van der Waals surface area contributed by atoms with Crippen molar-refractivity contribution >= 4 is 32.0 Å². The first kappa shape index (κ1) is 17.0. The molecule has 0 saturated heterocycles. The number of thiazole rings is 1. The van der Waals surface area contributed by atoms with Gasteiger partial charge < -0.3 is 5.32 Å². The summed E-state index contributed by atoms with van der Waals surface area (Å²) in [6.45, 7) is 2.11. The van der Waals surface area contributed by atoms with Crippen LogP contribution in [0.1, 0.15) is 23.0 Å². The average Bonchev–Trinajstić information content (AvgIpc) is 3.28. The van der Waals surface area contributed by atoms with Crippen molar-refractivity contribution in [1.82, 2.24) is 14.7 Å². The number of hydrogen-bond acceptors (Lipinski definition) is 5. The molecule has 26 heavy (non-hydrogen) atoms. The Balaban J connectivity index is 1.59. The molecule has 4 rings (SSSR count). The Hall–Kier alpha value is -2.45. The summed E-state index contributed by atoms with van der Waals surface area (Å²) in [5.74, 6) is -0.404. The molecule has 3 aromatic rings. The highest BCUT2D eigenvalue weighted by Gasteiger charge is 2.24. The highest BCUT2D eigenvalue weighted by Crippen LogP contribution is 2.24. The van der Waals surface area contributed by atoms with Crippen molar-refractivity contribution in [2.24, 2.45) is 0 Å². The van der Waals surface area contributed by atoms with Gasteiger partial charge in [-0.3, -0.25) is 9.20 Å². The van der Waals surface area contributed by atoms with E-state index >= 15 is 0 Å². The minimum absolute atomic E-state index is 0.0923. The largest absolute Gasteiger partial charge is 0.343 e.